The largest absolute Gasteiger partial charge is 0.351 e. The summed E-state index contributed by atoms with van der Waals surface area (Å²) in [6.45, 7) is 2.23. The Balaban J connectivity index is 1.63. The Bertz CT molecular complexity index is 783. The van der Waals surface area contributed by atoms with Crippen LogP contribution >= 0.6 is 0 Å². The van der Waals surface area contributed by atoms with Crippen molar-refractivity contribution in [2.45, 2.75) is 51.5 Å². The van der Waals surface area contributed by atoms with Gasteiger partial charge in [-0.15, -0.1) is 0 Å². The highest BCUT2D eigenvalue weighted by Gasteiger charge is 2.23. The average molecular weight is 336 g/mol. The van der Waals surface area contributed by atoms with Gasteiger partial charge in [0.2, 0.25) is 11.9 Å². The number of rotatable bonds is 3. The van der Waals surface area contributed by atoms with Crippen LogP contribution in [0, 0.1) is 5.92 Å². The molecule has 1 unspecified atom stereocenters. The van der Waals surface area contributed by atoms with Gasteiger partial charge in [0.25, 0.3) is 0 Å². The quantitative estimate of drug-likeness (QED) is 0.888. The molecule has 0 radical (unpaired) electrons. The van der Waals surface area contributed by atoms with E-state index in [1.165, 1.54) is 32.1 Å². The molecule has 1 aliphatic heterocycles. The maximum Gasteiger partial charge on any atom is 0.228 e. The zero-order chi connectivity index (χ0) is 17.2. The van der Waals surface area contributed by atoms with Crippen molar-refractivity contribution in [1.82, 2.24) is 9.97 Å². The monoisotopic (exact) mass is 336 g/mol. The van der Waals surface area contributed by atoms with Gasteiger partial charge in [0.05, 0.1) is 17.8 Å². The van der Waals surface area contributed by atoms with Crippen LogP contribution in [0.25, 0.3) is 11.3 Å². The molecule has 2 aromatic rings. The van der Waals surface area contributed by atoms with Crippen LogP contribution in [0.2, 0.25) is 0 Å². The van der Waals surface area contributed by atoms with E-state index in [2.05, 4.69) is 22.5 Å². The van der Waals surface area contributed by atoms with Crippen molar-refractivity contribution in [2.24, 2.45) is 5.92 Å². The highest BCUT2D eigenvalue weighted by atomic mass is 16.1. The lowest BCUT2D eigenvalue weighted by atomic mass is 9.85. The number of hydrogen-bond acceptors (Lipinski definition) is 4. The number of carbonyl (C=O) groups excluding carboxylic acids is 1. The predicted octanol–water partition coefficient (Wildman–Crippen LogP) is 4.02. The zero-order valence-corrected chi connectivity index (χ0v) is 14.6. The Labute approximate surface area is 148 Å². The molecule has 130 valence electrons. The summed E-state index contributed by atoms with van der Waals surface area (Å²) in [6.07, 6.45) is 8.66. The van der Waals surface area contributed by atoms with Gasteiger partial charge in [-0.1, -0.05) is 37.5 Å². The average Bonchev–Trinajstić information content (AvgIpc) is 2.78. The second kappa shape index (κ2) is 6.82. The van der Waals surface area contributed by atoms with E-state index in [0.29, 0.717) is 24.3 Å². The van der Waals surface area contributed by atoms with Gasteiger partial charge < -0.3 is 10.6 Å². The van der Waals surface area contributed by atoms with Crippen LogP contribution in [0.1, 0.15) is 44.6 Å². The lowest BCUT2D eigenvalue weighted by Crippen LogP contribution is -2.28. The topological polar surface area (TPSA) is 66.9 Å². The molecular formula is C20H24N4O. The Hall–Kier alpha value is -2.43. The molecule has 0 spiro atoms. The van der Waals surface area contributed by atoms with Crippen LogP contribution in [0.3, 0.4) is 0 Å². The third kappa shape index (κ3) is 3.36. The number of para-hydroxylation sites is 1. The van der Waals surface area contributed by atoms with E-state index in [1.807, 2.05) is 24.3 Å². The molecule has 0 saturated heterocycles. The van der Waals surface area contributed by atoms with Gasteiger partial charge in [-0.25, -0.2) is 9.97 Å². The van der Waals surface area contributed by atoms with Crippen molar-refractivity contribution >= 4 is 17.5 Å². The van der Waals surface area contributed by atoms with E-state index < -0.39 is 0 Å². The highest BCUT2D eigenvalue weighted by molar-refractivity contribution is 5.99. The maximum atomic E-state index is 12.1. The van der Waals surface area contributed by atoms with E-state index in [4.69, 9.17) is 4.98 Å². The number of anilines is 2. The summed E-state index contributed by atoms with van der Waals surface area (Å²) in [4.78, 5) is 21.3. The molecule has 1 amide bonds. The summed E-state index contributed by atoms with van der Waals surface area (Å²) in [6, 6.07) is 8.18. The molecule has 5 nitrogen and oxygen atoms in total. The standard InChI is InChI=1S/C20H24N4O/c1-13(14-7-3-2-4-8-14)22-20-21-12-15-11-18(25)23-17-10-6-5-9-16(17)19(15)24-20/h5-6,9-10,12-14H,2-4,7-8,11H2,1H3,(H,23,25)(H,21,22,24). The number of carbonyl (C=O) groups is 1. The molecule has 2 N–H and O–H groups in total. The van der Waals surface area contributed by atoms with Gasteiger partial charge in [0, 0.05) is 23.4 Å². The molecule has 4 rings (SSSR count). The maximum absolute atomic E-state index is 12.1. The fraction of sp³-hybridized carbons (Fsp3) is 0.450. The fourth-order valence-electron chi connectivity index (χ4n) is 3.96. The first-order chi connectivity index (χ1) is 12.2. The minimum absolute atomic E-state index is 0.0221. The van der Waals surface area contributed by atoms with Crippen LogP contribution in [0.15, 0.2) is 30.5 Å². The van der Waals surface area contributed by atoms with Gasteiger partial charge in [-0.3, -0.25) is 4.79 Å². The second-order valence-electron chi connectivity index (χ2n) is 7.17. The molecule has 2 heterocycles. The van der Waals surface area contributed by atoms with Crippen molar-refractivity contribution in [2.75, 3.05) is 10.6 Å². The van der Waals surface area contributed by atoms with Crippen LogP contribution in [0.5, 0.6) is 0 Å². The van der Waals surface area contributed by atoms with E-state index in [1.54, 1.807) is 6.20 Å². The highest BCUT2D eigenvalue weighted by Crippen LogP contribution is 2.33. The molecule has 1 aromatic carbocycles. The Morgan fingerprint density at radius 3 is 2.84 bits per heavy atom. The normalized spacial score (nSPS) is 18.5. The summed E-state index contributed by atoms with van der Waals surface area (Å²) < 4.78 is 0. The molecule has 0 bridgehead atoms. The fourth-order valence-corrected chi connectivity index (χ4v) is 3.96. The predicted molar refractivity (Wildman–Crippen MR) is 99.5 cm³/mol. The lowest BCUT2D eigenvalue weighted by Gasteiger charge is -2.28. The molecule has 1 aromatic heterocycles. The van der Waals surface area contributed by atoms with Gasteiger partial charge in [-0.05, 0) is 31.7 Å². The molecule has 1 fully saturated rings. The van der Waals surface area contributed by atoms with Gasteiger partial charge in [0.1, 0.15) is 0 Å². The number of aromatic nitrogens is 2. The third-order valence-corrected chi connectivity index (χ3v) is 5.39. The molecule has 2 aliphatic rings. The van der Waals surface area contributed by atoms with Crippen molar-refractivity contribution in [3.05, 3.63) is 36.0 Å². The van der Waals surface area contributed by atoms with E-state index in [9.17, 15) is 4.79 Å². The molecular weight excluding hydrogens is 312 g/mol. The van der Waals surface area contributed by atoms with Crippen molar-refractivity contribution in [3.8, 4) is 11.3 Å². The number of hydrogen-bond donors (Lipinski definition) is 2. The second-order valence-corrected chi connectivity index (χ2v) is 7.17. The molecule has 1 aliphatic carbocycles. The summed E-state index contributed by atoms with van der Waals surface area (Å²) in [5.74, 6) is 1.32. The molecule has 25 heavy (non-hydrogen) atoms. The first kappa shape index (κ1) is 16.1. The van der Waals surface area contributed by atoms with Crippen LogP contribution in [0.4, 0.5) is 11.6 Å². The Morgan fingerprint density at radius 1 is 1.20 bits per heavy atom. The summed E-state index contributed by atoms with van der Waals surface area (Å²) in [7, 11) is 0. The first-order valence-corrected chi connectivity index (χ1v) is 9.22. The summed E-state index contributed by atoms with van der Waals surface area (Å²) in [5.41, 5.74) is 3.50. The van der Waals surface area contributed by atoms with Crippen LogP contribution in [-0.4, -0.2) is 21.9 Å². The number of fused-ring (bicyclic) bond motifs is 3. The Morgan fingerprint density at radius 2 is 2.00 bits per heavy atom. The van der Waals surface area contributed by atoms with E-state index in [-0.39, 0.29) is 5.91 Å². The number of nitrogens with zero attached hydrogens (tertiary/aromatic N) is 2. The number of amides is 1. The summed E-state index contributed by atoms with van der Waals surface area (Å²) in [5, 5.41) is 6.45. The SMILES string of the molecule is CC(Nc1ncc2c(n1)-c1ccccc1NC(=O)C2)C1CCCCC1. The van der Waals surface area contributed by atoms with E-state index in [0.717, 1.165) is 22.5 Å². The molecule has 5 heteroatoms. The molecule has 1 atom stereocenters. The van der Waals surface area contributed by atoms with Gasteiger partial charge in [0.15, 0.2) is 0 Å². The lowest BCUT2D eigenvalue weighted by molar-refractivity contribution is -0.115. The Kier molecular flexibility index (Phi) is 4.38. The van der Waals surface area contributed by atoms with Crippen molar-refractivity contribution in [3.63, 3.8) is 0 Å². The van der Waals surface area contributed by atoms with Gasteiger partial charge >= 0.3 is 0 Å². The third-order valence-electron chi connectivity index (χ3n) is 5.39. The minimum Gasteiger partial charge on any atom is -0.351 e. The minimum atomic E-state index is -0.0221. The van der Waals surface area contributed by atoms with Crippen LogP contribution < -0.4 is 10.6 Å². The smallest absolute Gasteiger partial charge is 0.228 e. The van der Waals surface area contributed by atoms with Gasteiger partial charge in [-0.2, -0.15) is 0 Å². The number of benzene rings is 1. The van der Waals surface area contributed by atoms with Crippen LogP contribution in [-0.2, 0) is 11.2 Å². The van der Waals surface area contributed by atoms with Crippen molar-refractivity contribution in [1.29, 1.82) is 0 Å². The van der Waals surface area contributed by atoms with E-state index >= 15 is 0 Å². The summed E-state index contributed by atoms with van der Waals surface area (Å²) >= 11 is 0. The zero-order valence-electron chi connectivity index (χ0n) is 14.6. The van der Waals surface area contributed by atoms with Crippen molar-refractivity contribution < 1.29 is 4.79 Å². The first-order valence-electron chi connectivity index (χ1n) is 9.22. The number of nitrogens with one attached hydrogen (secondary N) is 2. The molecule has 1 saturated carbocycles.